The van der Waals surface area contributed by atoms with E-state index >= 15 is 0 Å². The number of hydrogen-bond acceptors (Lipinski definition) is 2. The zero-order valence-electron chi connectivity index (χ0n) is 11.2. The Labute approximate surface area is 115 Å². The molecule has 1 heterocycles. The Morgan fingerprint density at radius 2 is 2.11 bits per heavy atom. The summed E-state index contributed by atoms with van der Waals surface area (Å²) in [6.45, 7) is 5.56. The lowest BCUT2D eigenvalue weighted by Crippen LogP contribution is -2.34. The summed E-state index contributed by atoms with van der Waals surface area (Å²) in [6, 6.07) is 9.61. The van der Waals surface area contributed by atoms with Crippen molar-refractivity contribution in [3.05, 3.63) is 35.4 Å². The second kappa shape index (κ2) is 5.81. The molecule has 1 aliphatic heterocycles. The lowest BCUT2D eigenvalue weighted by Gasteiger charge is -2.28. The topological polar surface area (TPSA) is 29.3 Å². The van der Waals surface area contributed by atoms with Gasteiger partial charge >= 0.3 is 0 Å². The largest absolute Gasteiger partial charge is 0.389 e. The predicted molar refractivity (Wildman–Crippen MR) is 80.6 cm³/mol. The molecule has 2 nitrogen and oxygen atoms in total. The minimum atomic E-state index is 0.505. The molecule has 0 spiro atoms. The van der Waals surface area contributed by atoms with Crippen LogP contribution >= 0.6 is 12.2 Å². The van der Waals surface area contributed by atoms with Gasteiger partial charge < -0.3 is 5.73 Å². The Morgan fingerprint density at radius 3 is 2.78 bits per heavy atom. The van der Waals surface area contributed by atoms with Crippen molar-refractivity contribution in [2.75, 3.05) is 0 Å². The first-order valence-corrected chi connectivity index (χ1v) is 7.17. The van der Waals surface area contributed by atoms with E-state index in [-0.39, 0.29) is 0 Å². The molecule has 2 rings (SSSR count). The van der Waals surface area contributed by atoms with Gasteiger partial charge in [0, 0.05) is 24.2 Å². The van der Waals surface area contributed by atoms with Crippen LogP contribution in [0.1, 0.15) is 44.2 Å². The normalized spacial score (nSPS) is 24.3. The fourth-order valence-corrected chi connectivity index (χ4v) is 3.14. The number of nitrogens with zero attached hydrogens (tertiary/aromatic N) is 1. The van der Waals surface area contributed by atoms with Crippen LogP contribution < -0.4 is 5.73 Å². The van der Waals surface area contributed by atoms with Crippen molar-refractivity contribution in [2.45, 2.75) is 51.7 Å². The Bertz CT molecular complexity index is 430. The molecule has 0 bridgehead atoms. The van der Waals surface area contributed by atoms with Crippen molar-refractivity contribution in [3.8, 4) is 0 Å². The second-order valence-electron chi connectivity index (χ2n) is 5.18. The van der Waals surface area contributed by atoms with Crippen LogP contribution in [-0.2, 0) is 6.54 Å². The van der Waals surface area contributed by atoms with Gasteiger partial charge in [-0.3, -0.25) is 4.90 Å². The number of likely N-dealkylation sites (tertiary alicyclic amines) is 1. The fraction of sp³-hybridized carbons (Fsp3) is 0.533. The van der Waals surface area contributed by atoms with Gasteiger partial charge in [-0.2, -0.15) is 0 Å². The van der Waals surface area contributed by atoms with Crippen LogP contribution in [0.25, 0.3) is 0 Å². The Morgan fingerprint density at radius 1 is 1.39 bits per heavy atom. The second-order valence-corrected chi connectivity index (χ2v) is 5.62. The van der Waals surface area contributed by atoms with Crippen molar-refractivity contribution in [3.63, 3.8) is 0 Å². The van der Waals surface area contributed by atoms with Crippen molar-refractivity contribution in [1.82, 2.24) is 4.90 Å². The predicted octanol–water partition coefficient (Wildman–Crippen LogP) is 3.08. The highest BCUT2D eigenvalue weighted by molar-refractivity contribution is 7.80. The van der Waals surface area contributed by atoms with E-state index in [0.717, 1.165) is 12.1 Å². The van der Waals surface area contributed by atoms with Crippen molar-refractivity contribution in [1.29, 1.82) is 0 Å². The van der Waals surface area contributed by atoms with Crippen LogP contribution in [0, 0.1) is 0 Å². The maximum absolute atomic E-state index is 5.80. The van der Waals surface area contributed by atoms with Gasteiger partial charge in [0.1, 0.15) is 4.99 Å². The summed E-state index contributed by atoms with van der Waals surface area (Å²) >= 11 is 5.14. The van der Waals surface area contributed by atoms with E-state index in [2.05, 4.69) is 30.9 Å². The molecule has 0 saturated carbocycles. The van der Waals surface area contributed by atoms with Crippen LogP contribution in [0.3, 0.4) is 0 Å². The van der Waals surface area contributed by atoms with E-state index in [0.29, 0.717) is 17.1 Å². The Kier molecular flexibility index (Phi) is 4.36. The van der Waals surface area contributed by atoms with Crippen LogP contribution in [-0.4, -0.2) is 22.0 Å². The van der Waals surface area contributed by atoms with E-state index in [1.54, 1.807) is 0 Å². The molecule has 0 amide bonds. The lowest BCUT2D eigenvalue weighted by atomic mass is 10.1. The highest BCUT2D eigenvalue weighted by atomic mass is 32.1. The molecule has 1 aromatic carbocycles. The zero-order chi connectivity index (χ0) is 13.1. The summed E-state index contributed by atoms with van der Waals surface area (Å²) in [4.78, 5) is 3.10. The van der Waals surface area contributed by atoms with Crippen LogP contribution in [0.2, 0.25) is 0 Å². The standard InChI is InChI=1S/C15H22N2S/c1-3-13-9-8-11(2)17(13)10-12-6-4-5-7-14(12)15(16)18/h4-7,11,13H,3,8-10H2,1-2H3,(H2,16,18). The highest BCUT2D eigenvalue weighted by Gasteiger charge is 2.29. The highest BCUT2D eigenvalue weighted by Crippen LogP contribution is 2.28. The third-order valence-electron chi connectivity index (χ3n) is 4.06. The van der Waals surface area contributed by atoms with E-state index in [1.165, 1.54) is 24.8 Å². The van der Waals surface area contributed by atoms with Gasteiger partial charge in [-0.25, -0.2) is 0 Å². The average molecular weight is 262 g/mol. The Hall–Kier alpha value is -0.930. The summed E-state index contributed by atoms with van der Waals surface area (Å²) in [5, 5.41) is 0. The average Bonchev–Trinajstić information content (AvgIpc) is 2.71. The summed E-state index contributed by atoms with van der Waals surface area (Å²) in [6.07, 6.45) is 3.83. The molecular formula is C15H22N2S. The van der Waals surface area contributed by atoms with Crippen molar-refractivity contribution >= 4 is 17.2 Å². The van der Waals surface area contributed by atoms with Gasteiger partial charge in [-0.15, -0.1) is 0 Å². The molecule has 0 aromatic heterocycles. The monoisotopic (exact) mass is 262 g/mol. The van der Waals surface area contributed by atoms with Gasteiger partial charge in [-0.05, 0) is 31.7 Å². The van der Waals surface area contributed by atoms with E-state index in [9.17, 15) is 0 Å². The number of thiocarbonyl (C=S) groups is 1. The third kappa shape index (κ3) is 2.73. The first-order valence-electron chi connectivity index (χ1n) is 6.77. The molecule has 98 valence electrons. The summed E-state index contributed by atoms with van der Waals surface area (Å²) in [5.74, 6) is 0. The zero-order valence-corrected chi connectivity index (χ0v) is 12.0. The molecular weight excluding hydrogens is 240 g/mol. The maximum atomic E-state index is 5.80. The first-order chi connectivity index (χ1) is 8.63. The van der Waals surface area contributed by atoms with Crippen LogP contribution in [0.15, 0.2) is 24.3 Å². The molecule has 2 N–H and O–H groups in total. The molecule has 2 atom stereocenters. The lowest BCUT2D eigenvalue weighted by molar-refractivity contribution is 0.189. The minimum absolute atomic E-state index is 0.505. The van der Waals surface area contributed by atoms with E-state index < -0.39 is 0 Å². The van der Waals surface area contributed by atoms with E-state index in [1.807, 2.05) is 12.1 Å². The molecule has 0 aliphatic carbocycles. The molecule has 18 heavy (non-hydrogen) atoms. The summed E-state index contributed by atoms with van der Waals surface area (Å²) < 4.78 is 0. The molecule has 1 aliphatic rings. The smallest absolute Gasteiger partial charge is 0.104 e. The molecule has 0 radical (unpaired) electrons. The minimum Gasteiger partial charge on any atom is -0.389 e. The summed E-state index contributed by atoms with van der Waals surface area (Å²) in [7, 11) is 0. The Balaban J connectivity index is 2.20. The van der Waals surface area contributed by atoms with Gasteiger partial charge in [-0.1, -0.05) is 43.4 Å². The van der Waals surface area contributed by atoms with Gasteiger partial charge in [0.2, 0.25) is 0 Å². The summed E-state index contributed by atoms with van der Waals surface area (Å²) in [5.41, 5.74) is 8.09. The van der Waals surface area contributed by atoms with E-state index in [4.69, 9.17) is 18.0 Å². The molecule has 3 heteroatoms. The van der Waals surface area contributed by atoms with Gasteiger partial charge in [0.25, 0.3) is 0 Å². The van der Waals surface area contributed by atoms with Crippen LogP contribution in [0.5, 0.6) is 0 Å². The van der Waals surface area contributed by atoms with Crippen molar-refractivity contribution < 1.29 is 0 Å². The van der Waals surface area contributed by atoms with Crippen LogP contribution in [0.4, 0.5) is 0 Å². The number of nitrogens with two attached hydrogens (primary N) is 1. The van der Waals surface area contributed by atoms with Crippen molar-refractivity contribution in [2.24, 2.45) is 5.73 Å². The number of benzene rings is 1. The molecule has 1 fully saturated rings. The SMILES string of the molecule is CCC1CCC(C)N1Cc1ccccc1C(N)=S. The van der Waals surface area contributed by atoms with Gasteiger partial charge in [0.15, 0.2) is 0 Å². The maximum Gasteiger partial charge on any atom is 0.104 e. The third-order valence-corrected chi connectivity index (χ3v) is 4.28. The molecule has 1 aromatic rings. The molecule has 1 saturated heterocycles. The first kappa shape index (κ1) is 13.5. The molecule has 2 unspecified atom stereocenters. The van der Waals surface area contributed by atoms with Gasteiger partial charge in [0.05, 0.1) is 0 Å². The fourth-order valence-electron chi connectivity index (χ4n) is 2.94. The number of rotatable bonds is 4. The number of hydrogen-bond donors (Lipinski definition) is 1. The quantitative estimate of drug-likeness (QED) is 0.846.